The highest BCUT2D eigenvalue weighted by atomic mass is 35.5. The van der Waals surface area contributed by atoms with Crippen molar-refractivity contribution in [2.75, 3.05) is 38.9 Å². The average molecular weight is 311 g/mol. The highest BCUT2D eigenvalue weighted by Gasteiger charge is 2.21. The number of ether oxygens (including phenoxy) is 2. The molecule has 5 nitrogen and oxygen atoms in total. The Hall–Kier alpha value is -1.46. The summed E-state index contributed by atoms with van der Waals surface area (Å²) in [5.41, 5.74) is 1.21. The number of piperazine rings is 1. The summed E-state index contributed by atoms with van der Waals surface area (Å²) in [6.45, 7) is 4.51. The van der Waals surface area contributed by atoms with Gasteiger partial charge in [-0.25, -0.2) is 0 Å². The third kappa shape index (κ3) is 3.41. The van der Waals surface area contributed by atoms with Crippen molar-refractivity contribution < 1.29 is 14.3 Å². The van der Waals surface area contributed by atoms with E-state index in [2.05, 4.69) is 11.0 Å². The van der Waals surface area contributed by atoms with Gasteiger partial charge in [0.2, 0.25) is 12.7 Å². The van der Waals surface area contributed by atoms with Gasteiger partial charge in [0.1, 0.15) is 0 Å². The molecule has 1 fully saturated rings. The number of nitrogens with zero attached hydrogens (tertiary/aromatic N) is 2. The van der Waals surface area contributed by atoms with Crippen molar-refractivity contribution >= 4 is 17.5 Å². The Morgan fingerprint density at radius 1 is 1.14 bits per heavy atom. The van der Waals surface area contributed by atoms with Gasteiger partial charge in [-0.1, -0.05) is 6.07 Å². The number of halogens is 1. The van der Waals surface area contributed by atoms with Crippen LogP contribution in [0.4, 0.5) is 0 Å². The molecule has 0 aromatic heterocycles. The topological polar surface area (TPSA) is 42.0 Å². The number of fused-ring (bicyclic) bond motifs is 1. The quantitative estimate of drug-likeness (QED) is 0.794. The van der Waals surface area contributed by atoms with Crippen LogP contribution >= 0.6 is 11.6 Å². The number of hydrogen-bond acceptors (Lipinski definition) is 4. The van der Waals surface area contributed by atoms with Crippen molar-refractivity contribution in [3.05, 3.63) is 23.8 Å². The first-order valence-electron chi connectivity index (χ1n) is 7.21. The highest BCUT2D eigenvalue weighted by molar-refractivity contribution is 6.18. The summed E-state index contributed by atoms with van der Waals surface area (Å²) < 4.78 is 10.7. The molecule has 114 valence electrons. The van der Waals surface area contributed by atoms with Crippen LogP contribution in [0.1, 0.15) is 12.0 Å². The molecule has 0 bridgehead atoms. The second-order valence-electron chi connectivity index (χ2n) is 5.28. The van der Waals surface area contributed by atoms with Gasteiger partial charge >= 0.3 is 0 Å². The number of carbonyl (C=O) groups is 1. The molecular formula is C15H19ClN2O3. The predicted octanol–water partition coefficient (Wildman–Crippen LogP) is 1.69. The van der Waals surface area contributed by atoms with Gasteiger partial charge in [-0.2, -0.15) is 0 Å². The molecule has 6 heteroatoms. The molecule has 0 saturated carbocycles. The van der Waals surface area contributed by atoms with E-state index in [-0.39, 0.29) is 5.91 Å². The minimum Gasteiger partial charge on any atom is -0.454 e. The van der Waals surface area contributed by atoms with Crippen molar-refractivity contribution in [1.82, 2.24) is 9.80 Å². The minimum absolute atomic E-state index is 0.160. The fraction of sp³-hybridized carbons (Fsp3) is 0.533. The Morgan fingerprint density at radius 3 is 2.67 bits per heavy atom. The monoisotopic (exact) mass is 310 g/mol. The lowest BCUT2D eigenvalue weighted by Crippen LogP contribution is -2.48. The largest absolute Gasteiger partial charge is 0.454 e. The van der Waals surface area contributed by atoms with Crippen LogP contribution in [0, 0.1) is 0 Å². The van der Waals surface area contributed by atoms with E-state index in [1.54, 1.807) is 0 Å². The van der Waals surface area contributed by atoms with Crippen LogP contribution in [0.3, 0.4) is 0 Å². The highest BCUT2D eigenvalue weighted by Crippen LogP contribution is 2.32. The van der Waals surface area contributed by atoms with E-state index in [0.29, 0.717) is 19.1 Å². The van der Waals surface area contributed by atoms with Crippen LogP contribution < -0.4 is 9.47 Å². The number of amides is 1. The van der Waals surface area contributed by atoms with Crippen molar-refractivity contribution in [2.24, 2.45) is 0 Å². The normalized spacial score (nSPS) is 18.0. The number of hydrogen-bond donors (Lipinski definition) is 0. The first-order valence-corrected chi connectivity index (χ1v) is 7.74. The Bertz CT molecular complexity index is 516. The lowest BCUT2D eigenvalue weighted by atomic mass is 10.1. The van der Waals surface area contributed by atoms with Gasteiger partial charge in [0.05, 0.1) is 0 Å². The maximum atomic E-state index is 11.8. The zero-order chi connectivity index (χ0) is 14.7. The molecule has 1 saturated heterocycles. The van der Waals surface area contributed by atoms with Crippen molar-refractivity contribution in [3.8, 4) is 11.5 Å². The summed E-state index contributed by atoms with van der Waals surface area (Å²) in [6.07, 6.45) is 0.434. The zero-order valence-corrected chi connectivity index (χ0v) is 12.6. The van der Waals surface area contributed by atoms with Crippen LogP contribution in [-0.4, -0.2) is 54.6 Å². The summed E-state index contributed by atoms with van der Waals surface area (Å²) in [7, 11) is 0. The molecule has 2 aliphatic rings. The Kier molecular flexibility index (Phi) is 4.51. The van der Waals surface area contributed by atoms with E-state index < -0.39 is 0 Å². The van der Waals surface area contributed by atoms with Crippen LogP contribution in [0.25, 0.3) is 0 Å². The van der Waals surface area contributed by atoms with E-state index in [9.17, 15) is 4.79 Å². The van der Waals surface area contributed by atoms with E-state index in [1.165, 1.54) is 5.56 Å². The zero-order valence-electron chi connectivity index (χ0n) is 11.9. The molecular weight excluding hydrogens is 292 g/mol. The molecule has 1 aromatic carbocycles. The third-order valence-corrected chi connectivity index (χ3v) is 4.07. The number of carbonyl (C=O) groups excluding carboxylic acids is 1. The first-order chi connectivity index (χ1) is 10.3. The Balaban J connectivity index is 1.52. The molecule has 2 heterocycles. The fourth-order valence-electron chi connectivity index (χ4n) is 2.69. The lowest BCUT2D eigenvalue weighted by molar-refractivity contribution is -0.132. The second-order valence-corrected chi connectivity index (χ2v) is 5.66. The standard InChI is InChI=1S/C15H19ClN2O3/c16-4-3-15(19)18-7-5-17(6-8-18)10-12-1-2-13-14(9-12)21-11-20-13/h1-2,9H,3-8,10-11H2. The first kappa shape index (κ1) is 14.5. The minimum atomic E-state index is 0.160. The van der Waals surface area contributed by atoms with Gasteiger partial charge in [-0.15, -0.1) is 11.6 Å². The molecule has 0 aliphatic carbocycles. The third-order valence-electron chi connectivity index (χ3n) is 3.88. The van der Waals surface area contributed by atoms with Crippen LogP contribution in [-0.2, 0) is 11.3 Å². The summed E-state index contributed by atoms with van der Waals surface area (Å²) >= 11 is 5.62. The maximum Gasteiger partial charge on any atom is 0.231 e. The molecule has 2 aliphatic heterocycles. The molecule has 3 rings (SSSR count). The van der Waals surface area contributed by atoms with Crippen molar-refractivity contribution in [1.29, 1.82) is 0 Å². The van der Waals surface area contributed by atoms with Gasteiger partial charge in [-0.05, 0) is 17.7 Å². The molecule has 0 N–H and O–H groups in total. The maximum absolute atomic E-state index is 11.8. The second kappa shape index (κ2) is 6.54. The average Bonchev–Trinajstić information content (AvgIpc) is 2.96. The summed E-state index contributed by atoms with van der Waals surface area (Å²) in [4.78, 5) is 16.0. The SMILES string of the molecule is O=C(CCCl)N1CCN(Cc2ccc3c(c2)OCO3)CC1. The van der Waals surface area contributed by atoms with Crippen molar-refractivity contribution in [2.45, 2.75) is 13.0 Å². The molecule has 0 radical (unpaired) electrons. The van der Waals surface area contributed by atoms with E-state index >= 15 is 0 Å². The van der Waals surface area contributed by atoms with Crippen LogP contribution in [0.15, 0.2) is 18.2 Å². The van der Waals surface area contributed by atoms with E-state index in [4.69, 9.17) is 21.1 Å². The van der Waals surface area contributed by atoms with Gasteiger partial charge in [0, 0.05) is 45.0 Å². The molecule has 1 aromatic rings. The number of benzene rings is 1. The Labute approximate surface area is 129 Å². The van der Waals surface area contributed by atoms with E-state index in [0.717, 1.165) is 44.2 Å². The summed E-state index contributed by atoms with van der Waals surface area (Å²) in [5, 5.41) is 0. The predicted molar refractivity (Wildman–Crippen MR) is 79.8 cm³/mol. The summed E-state index contributed by atoms with van der Waals surface area (Å²) in [6, 6.07) is 6.06. The molecule has 0 atom stereocenters. The van der Waals surface area contributed by atoms with Gasteiger partial charge < -0.3 is 14.4 Å². The van der Waals surface area contributed by atoms with Crippen LogP contribution in [0.2, 0.25) is 0 Å². The van der Waals surface area contributed by atoms with E-state index in [1.807, 2.05) is 17.0 Å². The van der Waals surface area contributed by atoms with Gasteiger partial charge in [0.15, 0.2) is 11.5 Å². The molecule has 0 spiro atoms. The van der Waals surface area contributed by atoms with Crippen molar-refractivity contribution in [3.63, 3.8) is 0 Å². The van der Waals surface area contributed by atoms with Gasteiger partial charge in [0.25, 0.3) is 0 Å². The molecule has 21 heavy (non-hydrogen) atoms. The molecule has 1 amide bonds. The Morgan fingerprint density at radius 2 is 1.90 bits per heavy atom. The number of rotatable bonds is 4. The molecule has 0 unspecified atom stereocenters. The smallest absolute Gasteiger partial charge is 0.231 e. The fourth-order valence-corrected chi connectivity index (χ4v) is 2.85. The summed E-state index contributed by atoms with van der Waals surface area (Å²) in [5.74, 6) is 2.20. The van der Waals surface area contributed by atoms with Crippen LogP contribution in [0.5, 0.6) is 11.5 Å². The number of alkyl halides is 1. The lowest BCUT2D eigenvalue weighted by Gasteiger charge is -2.34. The van der Waals surface area contributed by atoms with Gasteiger partial charge in [-0.3, -0.25) is 9.69 Å².